The molecule has 1 heterocycles. The fourth-order valence-corrected chi connectivity index (χ4v) is 3.09. The highest BCUT2D eigenvalue weighted by atomic mass is 16.5. The van der Waals surface area contributed by atoms with Crippen molar-refractivity contribution in [1.29, 1.82) is 0 Å². The average molecular weight is 406 g/mol. The maximum absolute atomic E-state index is 12.3. The number of nitrogens with zero attached hydrogens (tertiary/aromatic N) is 3. The van der Waals surface area contributed by atoms with Gasteiger partial charge in [0.25, 0.3) is 0 Å². The zero-order valence-corrected chi connectivity index (χ0v) is 15.8. The normalized spacial score (nSPS) is 27.2. The van der Waals surface area contributed by atoms with Gasteiger partial charge in [-0.3, -0.25) is 4.79 Å². The molecule has 1 amide bonds. The number of amides is 1. The lowest BCUT2D eigenvalue weighted by Gasteiger charge is -2.40. The number of aliphatic hydroxyl groups excluding tert-OH is 4. The molecule has 5 atom stereocenters. The zero-order valence-electron chi connectivity index (χ0n) is 15.8. The van der Waals surface area contributed by atoms with Gasteiger partial charge >= 0.3 is 0 Å². The molecule has 1 aromatic carbocycles. The maximum Gasteiger partial charge on any atom is 0.244 e. The van der Waals surface area contributed by atoms with Crippen LogP contribution in [0.3, 0.4) is 0 Å². The molecular weight excluding hydrogens is 380 g/mol. The summed E-state index contributed by atoms with van der Waals surface area (Å²) in [5.41, 5.74) is 9.54. The summed E-state index contributed by atoms with van der Waals surface area (Å²) in [6.07, 6.45) is -4.27. The van der Waals surface area contributed by atoms with E-state index in [0.29, 0.717) is 18.5 Å². The first-order chi connectivity index (χ1) is 14.0. The van der Waals surface area contributed by atoms with E-state index in [-0.39, 0.29) is 18.9 Å². The van der Waals surface area contributed by atoms with Gasteiger partial charge in [0.2, 0.25) is 5.91 Å². The smallest absolute Gasteiger partial charge is 0.244 e. The van der Waals surface area contributed by atoms with Crippen molar-refractivity contribution in [3.63, 3.8) is 0 Å². The van der Waals surface area contributed by atoms with Crippen LogP contribution in [-0.4, -0.2) is 76.5 Å². The molecule has 1 aliphatic rings. The van der Waals surface area contributed by atoms with Gasteiger partial charge in [-0.05, 0) is 23.1 Å². The number of rotatable bonds is 9. The quantitative estimate of drug-likeness (QED) is 0.128. The Morgan fingerprint density at radius 1 is 1.17 bits per heavy atom. The Morgan fingerprint density at radius 2 is 1.86 bits per heavy atom. The first kappa shape index (κ1) is 22.8. The summed E-state index contributed by atoms with van der Waals surface area (Å²) in [6.45, 7) is 0.0882. The van der Waals surface area contributed by atoms with Crippen LogP contribution < -0.4 is 5.32 Å². The largest absolute Gasteiger partial charge is 0.394 e. The van der Waals surface area contributed by atoms with Crippen molar-refractivity contribution in [3.8, 4) is 0 Å². The second kappa shape index (κ2) is 11.5. The van der Waals surface area contributed by atoms with Crippen molar-refractivity contribution in [3.05, 3.63) is 52.4 Å². The van der Waals surface area contributed by atoms with E-state index in [9.17, 15) is 25.2 Å². The van der Waals surface area contributed by atoms with Crippen molar-refractivity contribution in [2.45, 2.75) is 43.4 Å². The molecule has 1 aromatic rings. The van der Waals surface area contributed by atoms with Crippen molar-refractivity contribution < 1.29 is 30.0 Å². The molecule has 10 heteroatoms. The van der Waals surface area contributed by atoms with Gasteiger partial charge in [-0.2, -0.15) is 0 Å². The summed E-state index contributed by atoms with van der Waals surface area (Å²) in [7, 11) is 0. The Balaban J connectivity index is 2.14. The second-order valence-electron chi connectivity index (χ2n) is 6.71. The Labute approximate surface area is 168 Å². The summed E-state index contributed by atoms with van der Waals surface area (Å²) in [6, 6.07) is 9.02. The van der Waals surface area contributed by atoms with Crippen LogP contribution in [0.1, 0.15) is 18.4 Å². The summed E-state index contributed by atoms with van der Waals surface area (Å²) in [4.78, 5) is 14.9. The first-order valence-electron chi connectivity index (χ1n) is 9.33. The minimum absolute atomic E-state index is 0.0810. The van der Waals surface area contributed by atoms with E-state index >= 15 is 0 Å². The topological polar surface area (TPSA) is 168 Å². The molecule has 10 nitrogen and oxygen atoms in total. The second-order valence-corrected chi connectivity index (χ2v) is 6.71. The molecule has 0 saturated carbocycles. The molecule has 29 heavy (non-hydrogen) atoms. The molecule has 1 aliphatic heterocycles. The number of carbonyl (C=O) groups is 1. The number of aliphatic hydroxyl groups is 4. The van der Waals surface area contributed by atoms with E-state index in [0.717, 1.165) is 5.56 Å². The Morgan fingerprint density at radius 3 is 2.52 bits per heavy atom. The van der Waals surface area contributed by atoms with E-state index in [1.165, 1.54) is 6.08 Å². The van der Waals surface area contributed by atoms with E-state index < -0.39 is 37.1 Å². The van der Waals surface area contributed by atoms with E-state index in [2.05, 4.69) is 15.3 Å². The van der Waals surface area contributed by atoms with Crippen LogP contribution in [0.25, 0.3) is 16.0 Å². The van der Waals surface area contributed by atoms with Crippen LogP contribution in [0, 0.1) is 0 Å². The van der Waals surface area contributed by atoms with Crippen molar-refractivity contribution in [2.75, 3.05) is 19.7 Å². The number of hydrogen-bond donors (Lipinski definition) is 5. The number of nitrogens with one attached hydrogen (secondary N) is 1. The van der Waals surface area contributed by atoms with Gasteiger partial charge in [-0.1, -0.05) is 35.4 Å². The van der Waals surface area contributed by atoms with Crippen LogP contribution in [0.2, 0.25) is 0 Å². The molecule has 1 saturated heterocycles. The molecule has 0 unspecified atom stereocenters. The van der Waals surface area contributed by atoms with E-state index in [1.54, 1.807) is 24.3 Å². The fourth-order valence-electron chi connectivity index (χ4n) is 3.09. The fraction of sp³-hybridized carbons (Fsp3) is 0.526. The Hall–Kier alpha value is -2.46. The predicted molar refractivity (Wildman–Crippen MR) is 104 cm³/mol. The highest BCUT2D eigenvalue weighted by Crippen LogP contribution is 2.29. The van der Waals surface area contributed by atoms with Gasteiger partial charge in [-0.15, -0.1) is 0 Å². The summed E-state index contributed by atoms with van der Waals surface area (Å²) < 4.78 is 5.56. The third-order valence-corrected chi connectivity index (χ3v) is 4.66. The first-order valence-corrected chi connectivity index (χ1v) is 9.33. The van der Waals surface area contributed by atoms with Crippen molar-refractivity contribution in [1.82, 2.24) is 5.32 Å². The molecule has 0 aliphatic carbocycles. The molecule has 0 radical (unpaired) electrons. The van der Waals surface area contributed by atoms with Crippen LogP contribution in [0.4, 0.5) is 0 Å². The number of azide groups is 1. The van der Waals surface area contributed by atoms with Crippen LogP contribution in [-0.2, 0) is 9.53 Å². The molecule has 158 valence electrons. The third kappa shape index (κ3) is 6.53. The van der Waals surface area contributed by atoms with Gasteiger partial charge < -0.3 is 30.5 Å². The summed E-state index contributed by atoms with van der Waals surface area (Å²) in [5, 5.41) is 45.7. The van der Waals surface area contributed by atoms with Crippen molar-refractivity contribution in [2.24, 2.45) is 5.11 Å². The summed E-state index contributed by atoms with van der Waals surface area (Å²) >= 11 is 0. The lowest BCUT2D eigenvalue weighted by atomic mass is 9.89. The third-order valence-electron chi connectivity index (χ3n) is 4.66. The van der Waals surface area contributed by atoms with E-state index in [1.807, 2.05) is 6.07 Å². The molecular formula is C19H26N4O6. The van der Waals surface area contributed by atoms with Gasteiger partial charge in [0.05, 0.1) is 12.7 Å². The number of benzene rings is 1. The highest BCUT2D eigenvalue weighted by molar-refractivity contribution is 5.95. The number of hydrogen-bond acceptors (Lipinski definition) is 7. The van der Waals surface area contributed by atoms with Crippen LogP contribution in [0.15, 0.2) is 41.5 Å². The number of carbonyl (C=O) groups excluding carboxylic acids is 1. The zero-order chi connectivity index (χ0) is 21.2. The monoisotopic (exact) mass is 406 g/mol. The minimum Gasteiger partial charge on any atom is -0.394 e. The van der Waals surface area contributed by atoms with Gasteiger partial charge in [0.15, 0.2) is 0 Å². The van der Waals surface area contributed by atoms with Gasteiger partial charge in [-0.25, -0.2) is 0 Å². The standard InChI is InChI=1S/C19H26N4O6/c20-23-22-8-4-7-21-16(25)10-13(12-5-2-1-3-6-12)9-14-17(26)19(28)18(27)15(11-24)29-14/h1-3,5-6,10,14-15,17-19,24,26-28H,4,7-9,11H2,(H,21,25)/b13-10+/t14-,15+,17-,18-,19+/m0/s1. The highest BCUT2D eigenvalue weighted by Gasteiger charge is 2.43. The summed E-state index contributed by atoms with van der Waals surface area (Å²) in [5.74, 6) is -0.366. The predicted octanol–water partition coefficient (Wildman–Crippen LogP) is 0.119. The molecule has 0 aromatic heterocycles. The van der Waals surface area contributed by atoms with Gasteiger partial charge in [0, 0.05) is 30.5 Å². The molecule has 5 N–H and O–H groups in total. The average Bonchev–Trinajstić information content (AvgIpc) is 2.74. The Bertz CT molecular complexity index is 735. The van der Waals surface area contributed by atoms with Crippen LogP contribution in [0.5, 0.6) is 0 Å². The van der Waals surface area contributed by atoms with Crippen LogP contribution >= 0.6 is 0 Å². The number of ether oxygens (including phenoxy) is 1. The molecule has 0 spiro atoms. The molecule has 1 fully saturated rings. The molecule has 0 bridgehead atoms. The minimum atomic E-state index is -1.47. The SMILES string of the molecule is [N-]=[N+]=NCCCNC(=O)/C=C(\C[C@@H]1O[C@H](CO)[C@H](O)[C@H](O)[C@H]1O)c1ccccc1. The van der Waals surface area contributed by atoms with Crippen molar-refractivity contribution >= 4 is 11.5 Å². The van der Waals surface area contributed by atoms with Gasteiger partial charge in [0.1, 0.15) is 24.4 Å². The lowest BCUT2D eigenvalue weighted by molar-refractivity contribution is -0.227. The maximum atomic E-state index is 12.3. The lowest BCUT2D eigenvalue weighted by Crippen LogP contribution is -2.58. The van der Waals surface area contributed by atoms with E-state index in [4.69, 9.17) is 10.3 Å². The molecule has 2 rings (SSSR count). The Kier molecular flexibility index (Phi) is 9.07.